The van der Waals surface area contributed by atoms with Gasteiger partial charge in [0.05, 0.1) is 22.5 Å². The van der Waals surface area contributed by atoms with Gasteiger partial charge in [-0.15, -0.1) is 0 Å². The van der Waals surface area contributed by atoms with E-state index in [1.54, 1.807) is 36.4 Å². The normalized spacial score (nSPS) is 15.5. The van der Waals surface area contributed by atoms with Gasteiger partial charge in [0.15, 0.2) is 10.2 Å². The first kappa shape index (κ1) is 20.0. The second kappa shape index (κ2) is 8.30. The molecule has 0 radical (unpaired) electrons. The van der Waals surface area contributed by atoms with Crippen LogP contribution in [0.25, 0.3) is 17.1 Å². The highest BCUT2D eigenvalue weighted by atomic mass is 35.5. The van der Waals surface area contributed by atoms with Crippen molar-refractivity contribution >= 4 is 63.4 Å². The molecule has 1 aliphatic heterocycles. The number of nitrogens with zero attached hydrogens (tertiary/aromatic N) is 2. The summed E-state index contributed by atoms with van der Waals surface area (Å²) in [6, 6.07) is 18.4. The van der Waals surface area contributed by atoms with E-state index >= 15 is 0 Å². The zero-order valence-electron chi connectivity index (χ0n) is 15.9. The molecule has 2 aromatic carbocycles. The number of rotatable bonds is 5. The molecule has 6 nitrogen and oxygen atoms in total. The average Bonchev–Trinajstić information content (AvgIpc) is 3.44. The number of H-pyrrole nitrogens is 1. The van der Waals surface area contributed by atoms with Gasteiger partial charge >= 0.3 is 0 Å². The van der Waals surface area contributed by atoms with Crippen molar-refractivity contribution in [1.29, 1.82) is 0 Å². The lowest BCUT2D eigenvalue weighted by Gasteiger charge is -2.12. The van der Waals surface area contributed by atoms with Crippen LogP contribution in [0.1, 0.15) is 11.3 Å². The molecule has 9 heteroatoms. The first-order valence-electron chi connectivity index (χ1n) is 9.27. The SMILES string of the molecule is O=C1S/C(=C/c2ccc(Sc3nc4ccccc4[nH]3)o2)C(=O)N1Cc1ccc(Cl)cc1. The molecule has 0 saturated carbocycles. The van der Waals surface area contributed by atoms with Crippen LogP contribution in [0, 0.1) is 0 Å². The molecule has 0 atom stereocenters. The summed E-state index contributed by atoms with van der Waals surface area (Å²) in [5, 5.41) is 1.64. The number of aromatic amines is 1. The number of imidazole rings is 1. The van der Waals surface area contributed by atoms with Crippen LogP contribution in [0.4, 0.5) is 4.79 Å². The number of thioether (sulfide) groups is 1. The Balaban J connectivity index is 1.30. The smallest absolute Gasteiger partial charge is 0.293 e. The average molecular weight is 468 g/mol. The summed E-state index contributed by atoms with van der Waals surface area (Å²) in [4.78, 5) is 34.3. The molecule has 1 fully saturated rings. The third-order valence-corrected chi connectivity index (χ3v) is 6.53. The Morgan fingerprint density at radius 3 is 2.71 bits per heavy atom. The Hall–Kier alpha value is -2.94. The number of para-hydroxylation sites is 2. The van der Waals surface area contributed by atoms with Crippen LogP contribution >= 0.6 is 35.1 Å². The third kappa shape index (κ3) is 4.27. The van der Waals surface area contributed by atoms with E-state index in [4.69, 9.17) is 16.0 Å². The van der Waals surface area contributed by atoms with Crippen molar-refractivity contribution in [3.63, 3.8) is 0 Å². The van der Waals surface area contributed by atoms with Gasteiger partial charge in [0.25, 0.3) is 11.1 Å². The van der Waals surface area contributed by atoms with Gasteiger partial charge in [-0.1, -0.05) is 35.9 Å². The first-order chi connectivity index (χ1) is 15.0. The molecule has 3 heterocycles. The number of aromatic nitrogens is 2. The predicted octanol–water partition coefficient (Wildman–Crippen LogP) is 6.20. The molecule has 2 aromatic heterocycles. The Kier molecular flexibility index (Phi) is 5.35. The largest absolute Gasteiger partial charge is 0.450 e. The summed E-state index contributed by atoms with van der Waals surface area (Å²) < 4.78 is 5.81. The molecule has 4 aromatic rings. The van der Waals surface area contributed by atoms with E-state index in [1.807, 2.05) is 30.3 Å². The lowest BCUT2D eigenvalue weighted by atomic mass is 10.2. The van der Waals surface area contributed by atoms with Gasteiger partial charge in [-0.2, -0.15) is 0 Å². The van der Waals surface area contributed by atoms with Crippen molar-refractivity contribution in [1.82, 2.24) is 14.9 Å². The molecule has 5 rings (SSSR count). The highest BCUT2D eigenvalue weighted by Crippen LogP contribution is 2.35. The molecular formula is C22H14ClN3O3S2. The standard InChI is InChI=1S/C22H14ClN3O3S2/c23-14-7-5-13(6-8-14)12-26-20(27)18(30-22(26)28)11-15-9-10-19(29-15)31-21-24-16-3-1-2-4-17(16)25-21/h1-11H,12H2,(H,24,25)/b18-11+. The molecule has 1 saturated heterocycles. The summed E-state index contributed by atoms with van der Waals surface area (Å²) in [7, 11) is 0. The Bertz CT molecular complexity index is 1290. The maximum Gasteiger partial charge on any atom is 0.293 e. The summed E-state index contributed by atoms with van der Waals surface area (Å²) in [6.45, 7) is 0.199. The fraction of sp³-hybridized carbons (Fsp3) is 0.0455. The number of fused-ring (bicyclic) bond motifs is 1. The minimum Gasteiger partial charge on any atom is -0.450 e. The van der Waals surface area contributed by atoms with E-state index in [0.717, 1.165) is 28.4 Å². The van der Waals surface area contributed by atoms with E-state index in [1.165, 1.54) is 16.7 Å². The number of halogens is 1. The van der Waals surface area contributed by atoms with Gasteiger partial charge in [0, 0.05) is 11.1 Å². The number of nitrogens with one attached hydrogen (secondary N) is 1. The van der Waals surface area contributed by atoms with Crippen molar-refractivity contribution in [2.45, 2.75) is 16.8 Å². The van der Waals surface area contributed by atoms with Crippen LogP contribution in [0.5, 0.6) is 0 Å². The monoisotopic (exact) mass is 467 g/mol. The maximum atomic E-state index is 12.7. The van der Waals surface area contributed by atoms with E-state index in [9.17, 15) is 9.59 Å². The molecule has 0 aliphatic carbocycles. The molecule has 0 bridgehead atoms. The zero-order valence-corrected chi connectivity index (χ0v) is 18.3. The number of hydrogen-bond acceptors (Lipinski definition) is 6. The fourth-order valence-corrected chi connectivity index (χ4v) is 4.79. The fourth-order valence-electron chi connectivity index (χ4n) is 3.08. The molecule has 2 amide bonds. The number of carbonyl (C=O) groups is 2. The summed E-state index contributed by atoms with van der Waals surface area (Å²) >= 11 is 8.15. The Morgan fingerprint density at radius 2 is 1.90 bits per heavy atom. The highest BCUT2D eigenvalue weighted by Gasteiger charge is 2.35. The predicted molar refractivity (Wildman–Crippen MR) is 122 cm³/mol. The van der Waals surface area contributed by atoms with Crippen molar-refractivity contribution in [3.05, 3.63) is 81.9 Å². The van der Waals surface area contributed by atoms with E-state index in [0.29, 0.717) is 25.9 Å². The summed E-state index contributed by atoms with van der Waals surface area (Å²) in [5.74, 6) is 0.156. The number of imide groups is 1. The second-order valence-electron chi connectivity index (χ2n) is 6.71. The number of amides is 2. The second-order valence-corrected chi connectivity index (χ2v) is 9.14. The molecule has 0 spiro atoms. The van der Waals surface area contributed by atoms with E-state index < -0.39 is 0 Å². The van der Waals surface area contributed by atoms with E-state index in [-0.39, 0.29) is 17.7 Å². The summed E-state index contributed by atoms with van der Waals surface area (Å²) in [6.07, 6.45) is 1.59. The van der Waals surface area contributed by atoms with E-state index in [2.05, 4.69) is 9.97 Å². The van der Waals surface area contributed by atoms with Gasteiger partial charge < -0.3 is 9.40 Å². The molecule has 1 aliphatic rings. The Morgan fingerprint density at radius 1 is 1.10 bits per heavy atom. The van der Waals surface area contributed by atoms with Crippen molar-refractivity contribution in [3.8, 4) is 0 Å². The van der Waals surface area contributed by atoms with Crippen LogP contribution in [0.2, 0.25) is 5.02 Å². The van der Waals surface area contributed by atoms with Crippen LogP contribution in [-0.2, 0) is 11.3 Å². The van der Waals surface area contributed by atoms with Crippen LogP contribution in [-0.4, -0.2) is 26.0 Å². The first-order valence-corrected chi connectivity index (χ1v) is 11.3. The molecular weight excluding hydrogens is 454 g/mol. The lowest BCUT2D eigenvalue weighted by molar-refractivity contribution is -0.123. The number of carbonyl (C=O) groups excluding carboxylic acids is 2. The molecule has 1 N–H and O–H groups in total. The minimum atomic E-state index is -0.340. The number of hydrogen-bond donors (Lipinski definition) is 1. The lowest BCUT2D eigenvalue weighted by Crippen LogP contribution is -2.27. The van der Waals surface area contributed by atoms with Gasteiger partial charge in [0.1, 0.15) is 5.76 Å². The quantitative estimate of drug-likeness (QED) is 0.352. The van der Waals surface area contributed by atoms with Gasteiger partial charge in [-0.3, -0.25) is 14.5 Å². The third-order valence-electron chi connectivity index (χ3n) is 4.57. The Labute approximate surface area is 190 Å². The molecule has 31 heavy (non-hydrogen) atoms. The molecule has 154 valence electrons. The number of benzene rings is 2. The summed E-state index contributed by atoms with van der Waals surface area (Å²) in [5.41, 5.74) is 2.66. The van der Waals surface area contributed by atoms with Crippen molar-refractivity contribution < 1.29 is 14.0 Å². The van der Waals surface area contributed by atoms with Crippen molar-refractivity contribution in [2.75, 3.05) is 0 Å². The highest BCUT2D eigenvalue weighted by molar-refractivity contribution is 8.18. The number of furan rings is 1. The minimum absolute atomic E-state index is 0.199. The van der Waals surface area contributed by atoms with Crippen LogP contribution in [0.3, 0.4) is 0 Å². The van der Waals surface area contributed by atoms with Gasteiger partial charge in [0.2, 0.25) is 0 Å². The van der Waals surface area contributed by atoms with Crippen LogP contribution in [0.15, 0.2) is 80.2 Å². The zero-order chi connectivity index (χ0) is 21.4. The maximum absolute atomic E-state index is 12.7. The van der Waals surface area contributed by atoms with Crippen molar-refractivity contribution in [2.24, 2.45) is 0 Å². The molecule has 0 unspecified atom stereocenters. The topological polar surface area (TPSA) is 79.2 Å². The van der Waals surface area contributed by atoms with Gasteiger partial charge in [-0.25, -0.2) is 4.98 Å². The van der Waals surface area contributed by atoms with Gasteiger partial charge in [-0.05, 0) is 65.5 Å². The van der Waals surface area contributed by atoms with Crippen LogP contribution < -0.4 is 0 Å².